The van der Waals surface area contributed by atoms with Gasteiger partial charge >= 0.3 is 0 Å². The number of nitrogens with zero attached hydrogens (tertiary/aromatic N) is 2. The number of hydrogen-bond acceptors (Lipinski definition) is 4. The number of carbonyl (C=O) groups is 2. The van der Waals surface area contributed by atoms with Crippen LogP contribution in [0.25, 0.3) is 11.1 Å². The van der Waals surface area contributed by atoms with Crippen LogP contribution in [0.2, 0.25) is 0 Å². The lowest BCUT2D eigenvalue weighted by atomic mass is 9.90. The summed E-state index contributed by atoms with van der Waals surface area (Å²) in [6, 6.07) is 12.0. The van der Waals surface area contributed by atoms with E-state index in [9.17, 15) is 9.59 Å². The van der Waals surface area contributed by atoms with Gasteiger partial charge in [0.15, 0.2) is 5.60 Å². The van der Waals surface area contributed by atoms with Crippen LogP contribution in [0.5, 0.6) is 0 Å². The predicted octanol–water partition coefficient (Wildman–Crippen LogP) is 2.82. The van der Waals surface area contributed by atoms with Gasteiger partial charge in [-0.3, -0.25) is 14.6 Å². The van der Waals surface area contributed by atoms with E-state index < -0.39 is 5.60 Å². The van der Waals surface area contributed by atoms with Crippen LogP contribution in [0, 0.1) is 0 Å². The van der Waals surface area contributed by atoms with Crippen molar-refractivity contribution in [2.75, 3.05) is 19.7 Å². The number of aromatic nitrogens is 1. The molecule has 1 N–H and O–H groups in total. The van der Waals surface area contributed by atoms with Gasteiger partial charge < -0.3 is 15.0 Å². The molecule has 0 bridgehead atoms. The fraction of sp³-hybridized carbons (Fsp3) is 0.435. The lowest BCUT2D eigenvalue weighted by molar-refractivity contribution is -0.166. The van der Waals surface area contributed by atoms with Crippen molar-refractivity contribution in [3.05, 3.63) is 54.4 Å². The standard InChI is InChI=1S/C23H29N3O3/c1-4-21(27)26-12-13-29-23(16-26,22(28)25-17(2)3)14-18-7-9-19(10-8-18)20-6-5-11-24-15-20/h5-11,15,17H,4,12-14,16H2,1-3H3,(H,25,28). The zero-order valence-corrected chi connectivity index (χ0v) is 17.4. The van der Waals surface area contributed by atoms with E-state index in [2.05, 4.69) is 10.3 Å². The van der Waals surface area contributed by atoms with E-state index in [1.54, 1.807) is 11.1 Å². The van der Waals surface area contributed by atoms with Gasteiger partial charge in [0.2, 0.25) is 5.91 Å². The van der Waals surface area contributed by atoms with Gasteiger partial charge in [0.25, 0.3) is 5.91 Å². The van der Waals surface area contributed by atoms with Crippen molar-refractivity contribution in [3.8, 4) is 11.1 Å². The molecule has 1 aliphatic heterocycles. The maximum Gasteiger partial charge on any atom is 0.254 e. The summed E-state index contributed by atoms with van der Waals surface area (Å²) in [7, 11) is 0. The van der Waals surface area contributed by atoms with E-state index in [-0.39, 0.29) is 24.4 Å². The molecule has 6 heteroatoms. The average Bonchev–Trinajstić information content (AvgIpc) is 2.74. The predicted molar refractivity (Wildman–Crippen MR) is 112 cm³/mol. The molecule has 0 aliphatic carbocycles. The number of rotatable bonds is 6. The highest BCUT2D eigenvalue weighted by Gasteiger charge is 2.45. The van der Waals surface area contributed by atoms with E-state index in [1.807, 2.05) is 63.4 Å². The number of hydrogen-bond donors (Lipinski definition) is 1. The van der Waals surface area contributed by atoms with Gasteiger partial charge in [-0.1, -0.05) is 37.3 Å². The van der Waals surface area contributed by atoms with Gasteiger partial charge in [0.1, 0.15) is 0 Å². The molecule has 2 heterocycles. The molecule has 1 atom stereocenters. The van der Waals surface area contributed by atoms with E-state index >= 15 is 0 Å². The minimum absolute atomic E-state index is 0.00631. The number of amides is 2. The summed E-state index contributed by atoms with van der Waals surface area (Å²) < 4.78 is 6.06. The SMILES string of the molecule is CCC(=O)N1CCOC(Cc2ccc(-c3cccnc3)cc2)(C(=O)NC(C)C)C1. The van der Waals surface area contributed by atoms with Crippen LogP contribution in [-0.4, -0.2) is 53.0 Å². The third-order valence-corrected chi connectivity index (χ3v) is 5.11. The minimum atomic E-state index is -1.08. The monoisotopic (exact) mass is 395 g/mol. The molecule has 0 radical (unpaired) electrons. The minimum Gasteiger partial charge on any atom is -0.361 e. The Balaban J connectivity index is 1.85. The topological polar surface area (TPSA) is 71.5 Å². The number of carbonyl (C=O) groups excluding carboxylic acids is 2. The van der Waals surface area contributed by atoms with Gasteiger partial charge in [-0.2, -0.15) is 0 Å². The first-order valence-corrected chi connectivity index (χ1v) is 10.2. The van der Waals surface area contributed by atoms with Crippen LogP contribution < -0.4 is 5.32 Å². The van der Waals surface area contributed by atoms with E-state index in [0.29, 0.717) is 26.0 Å². The molecule has 0 saturated carbocycles. The quantitative estimate of drug-likeness (QED) is 0.816. The number of benzene rings is 1. The highest BCUT2D eigenvalue weighted by atomic mass is 16.5. The summed E-state index contributed by atoms with van der Waals surface area (Å²) in [5.41, 5.74) is 2.01. The maximum atomic E-state index is 13.1. The zero-order valence-electron chi connectivity index (χ0n) is 17.4. The first-order chi connectivity index (χ1) is 13.9. The Bertz CT molecular complexity index is 836. The Morgan fingerprint density at radius 3 is 2.59 bits per heavy atom. The van der Waals surface area contributed by atoms with Crippen molar-refractivity contribution in [2.45, 2.75) is 45.3 Å². The van der Waals surface area contributed by atoms with Gasteiger partial charge in [-0.15, -0.1) is 0 Å². The molecular formula is C23H29N3O3. The second kappa shape index (κ2) is 9.18. The van der Waals surface area contributed by atoms with Crippen molar-refractivity contribution < 1.29 is 14.3 Å². The van der Waals surface area contributed by atoms with E-state index in [0.717, 1.165) is 16.7 Å². The Morgan fingerprint density at radius 2 is 1.97 bits per heavy atom. The molecule has 1 aliphatic rings. The molecule has 29 heavy (non-hydrogen) atoms. The fourth-order valence-electron chi connectivity index (χ4n) is 3.62. The molecule has 6 nitrogen and oxygen atoms in total. The third kappa shape index (κ3) is 5.01. The van der Waals surface area contributed by atoms with Crippen molar-refractivity contribution in [1.82, 2.24) is 15.2 Å². The summed E-state index contributed by atoms with van der Waals surface area (Å²) in [4.78, 5) is 31.3. The molecular weight excluding hydrogens is 366 g/mol. The Kier molecular flexibility index (Phi) is 6.64. The van der Waals surface area contributed by atoms with Crippen LogP contribution >= 0.6 is 0 Å². The molecule has 1 saturated heterocycles. The summed E-state index contributed by atoms with van der Waals surface area (Å²) in [5, 5.41) is 2.98. The van der Waals surface area contributed by atoms with Gasteiger partial charge in [-0.05, 0) is 36.6 Å². The number of pyridine rings is 1. The fourth-order valence-corrected chi connectivity index (χ4v) is 3.62. The highest BCUT2D eigenvalue weighted by molar-refractivity contribution is 5.87. The van der Waals surface area contributed by atoms with Crippen molar-refractivity contribution in [1.29, 1.82) is 0 Å². The van der Waals surface area contributed by atoms with Crippen molar-refractivity contribution in [2.24, 2.45) is 0 Å². The largest absolute Gasteiger partial charge is 0.361 e. The second-order valence-corrected chi connectivity index (χ2v) is 7.76. The highest BCUT2D eigenvalue weighted by Crippen LogP contribution is 2.26. The number of ether oxygens (including phenoxy) is 1. The van der Waals surface area contributed by atoms with Crippen molar-refractivity contribution >= 4 is 11.8 Å². The third-order valence-electron chi connectivity index (χ3n) is 5.11. The molecule has 1 fully saturated rings. The van der Waals surface area contributed by atoms with Crippen LogP contribution in [0.1, 0.15) is 32.8 Å². The van der Waals surface area contributed by atoms with Crippen LogP contribution in [0.15, 0.2) is 48.8 Å². The van der Waals surface area contributed by atoms with Crippen LogP contribution in [0.4, 0.5) is 0 Å². The molecule has 2 aromatic rings. The van der Waals surface area contributed by atoms with E-state index in [4.69, 9.17) is 4.74 Å². The Labute approximate surface area is 172 Å². The van der Waals surface area contributed by atoms with E-state index in [1.165, 1.54) is 0 Å². The average molecular weight is 396 g/mol. The van der Waals surface area contributed by atoms with Gasteiger partial charge in [0.05, 0.1) is 13.2 Å². The molecule has 0 spiro atoms. The second-order valence-electron chi connectivity index (χ2n) is 7.76. The number of morpholine rings is 1. The van der Waals surface area contributed by atoms with Crippen LogP contribution in [0.3, 0.4) is 0 Å². The molecule has 1 aromatic heterocycles. The lowest BCUT2D eigenvalue weighted by Crippen LogP contribution is -2.62. The van der Waals surface area contributed by atoms with Gasteiger partial charge in [0, 0.05) is 37.8 Å². The molecule has 1 unspecified atom stereocenters. The normalized spacial score (nSPS) is 19.2. The maximum absolute atomic E-state index is 13.1. The zero-order chi connectivity index (χ0) is 20.9. The molecule has 3 rings (SSSR count). The molecule has 2 amide bonds. The smallest absolute Gasteiger partial charge is 0.254 e. The first-order valence-electron chi connectivity index (χ1n) is 10.2. The Hall–Kier alpha value is -2.73. The Morgan fingerprint density at radius 1 is 1.21 bits per heavy atom. The first kappa shape index (κ1) is 21.0. The number of nitrogens with one attached hydrogen (secondary N) is 1. The van der Waals surface area contributed by atoms with Gasteiger partial charge in [-0.25, -0.2) is 0 Å². The lowest BCUT2D eigenvalue weighted by Gasteiger charge is -2.42. The summed E-state index contributed by atoms with van der Waals surface area (Å²) in [6.45, 7) is 6.82. The summed E-state index contributed by atoms with van der Waals surface area (Å²) in [5.74, 6) is -0.126. The summed E-state index contributed by atoms with van der Waals surface area (Å²) >= 11 is 0. The molecule has 1 aromatic carbocycles. The van der Waals surface area contributed by atoms with Crippen molar-refractivity contribution in [3.63, 3.8) is 0 Å². The van der Waals surface area contributed by atoms with Crippen LogP contribution in [-0.2, 0) is 20.7 Å². The summed E-state index contributed by atoms with van der Waals surface area (Å²) in [6.07, 6.45) is 4.40. The molecule has 154 valence electrons.